The molecule has 0 aromatic heterocycles. The number of rotatable bonds is 5. The fourth-order valence-electron chi connectivity index (χ4n) is 1.57. The van der Waals surface area contributed by atoms with Crippen molar-refractivity contribution in [3.63, 3.8) is 0 Å². The van der Waals surface area contributed by atoms with Gasteiger partial charge in [-0.15, -0.1) is 0 Å². The number of allylic oxidation sites excluding steroid dienone is 1. The molecule has 0 aromatic carbocycles. The van der Waals surface area contributed by atoms with Gasteiger partial charge >= 0.3 is 11.9 Å². The molecular formula is C11H15NO4. The van der Waals surface area contributed by atoms with Crippen LogP contribution in [-0.2, 0) is 14.3 Å². The van der Waals surface area contributed by atoms with Crippen molar-refractivity contribution in [2.24, 2.45) is 4.99 Å². The first-order chi connectivity index (χ1) is 7.56. The molecule has 0 saturated heterocycles. The van der Waals surface area contributed by atoms with Gasteiger partial charge in [-0.1, -0.05) is 0 Å². The zero-order valence-corrected chi connectivity index (χ0v) is 9.40. The summed E-state index contributed by atoms with van der Waals surface area (Å²) >= 11 is 0. The van der Waals surface area contributed by atoms with Crippen LogP contribution in [0.25, 0.3) is 0 Å². The van der Waals surface area contributed by atoms with E-state index in [4.69, 9.17) is 9.84 Å². The van der Waals surface area contributed by atoms with E-state index < -0.39 is 11.9 Å². The summed E-state index contributed by atoms with van der Waals surface area (Å²) in [5.74, 6) is -1.28. The maximum Gasteiger partial charge on any atom is 0.336 e. The molecule has 1 aliphatic heterocycles. The number of carbonyl (C=O) groups is 2. The predicted molar refractivity (Wildman–Crippen MR) is 58.5 cm³/mol. The minimum absolute atomic E-state index is 0.00300. The van der Waals surface area contributed by atoms with Gasteiger partial charge in [-0.25, -0.2) is 4.79 Å². The first-order valence-corrected chi connectivity index (χ1v) is 5.21. The molecule has 0 aromatic rings. The second-order valence-electron chi connectivity index (χ2n) is 3.51. The molecule has 5 nitrogen and oxygen atoms in total. The summed E-state index contributed by atoms with van der Waals surface area (Å²) in [6.45, 7) is 3.83. The summed E-state index contributed by atoms with van der Waals surface area (Å²) in [6, 6.07) is -0.233. The standard InChI is InChI=1S/C11H15NO4/c1-3-16-11(15)10-7(2)12-6-8(10)4-5-9(13)14/h6-7H,3-5H2,1-2H3,(H,13,14)/t7-/m1/s1. The van der Waals surface area contributed by atoms with Gasteiger partial charge in [-0.3, -0.25) is 9.79 Å². The number of carboxylic acids is 1. The van der Waals surface area contributed by atoms with Crippen molar-refractivity contribution in [3.8, 4) is 0 Å². The first kappa shape index (κ1) is 12.4. The van der Waals surface area contributed by atoms with Crippen LogP contribution in [0.3, 0.4) is 0 Å². The Hall–Kier alpha value is -1.65. The van der Waals surface area contributed by atoms with Crippen molar-refractivity contribution >= 4 is 18.2 Å². The minimum atomic E-state index is -0.885. The second-order valence-corrected chi connectivity index (χ2v) is 3.51. The van der Waals surface area contributed by atoms with Crippen molar-refractivity contribution in [3.05, 3.63) is 11.1 Å². The number of ether oxygens (including phenoxy) is 1. The Labute approximate surface area is 93.8 Å². The number of hydrogen-bond donors (Lipinski definition) is 1. The summed E-state index contributed by atoms with van der Waals surface area (Å²) in [7, 11) is 0. The van der Waals surface area contributed by atoms with Crippen LogP contribution in [0.5, 0.6) is 0 Å². The average Bonchev–Trinajstić information content (AvgIpc) is 2.57. The van der Waals surface area contributed by atoms with Gasteiger partial charge in [-0.05, 0) is 25.8 Å². The van der Waals surface area contributed by atoms with Gasteiger partial charge in [0.05, 0.1) is 18.2 Å². The Morgan fingerprint density at radius 2 is 2.25 bits per heavy atom. The van der Waals surface area contributed by atoms with Crippen LogP contribution in [0.15, 0.2) is 16.1 Å². The molecule has 0 amide bonds. The lowest BCUT2D eigenvalue weighted by Crippen LogP contribution is -2.16. The third kappa shape index (κ3) is 2.92. The largest absolute Gasteiger partial charge is 0.481 e. The number of hydrogen-bond acceptors (Lipinski definition) is 4. The van der Waals surface area contributed by atoms with Crippen LogP contribution in [-0.4, -0.2) is 35.9 Å². The van der Waals surface area contributed by atoms with E-state index in [9.17, 15) is 9.59 Å². The molecule has 1 heterocycles. The van der Waals surface area contributed by atoms with E-state index in [0.29, 0.717) is 24.2 Å². The van der Waals surface area contributed by atoms with Gasteiger partial charge in [0.15, 0.2) is 0 Å². The molecule has 16 heavy (non-hydrogen) atoms. The highest BCUT2D eigenvalue weighted by molar-refractivity contribution is 6.00. The molecule has 0 unspecified atom stereocenters. The molecule has 0 bridgehead atoms. The number of carboxylic acid groups (broad SMARTS) is 1. The zero-order valence-electron chi connectivity index (χ0n) is 9.40. The third-order valence-corrected chi connectivity index (χ3v) is 2.32. The number of aliphatic carboxylic acids is 1. The lowest BCUT2D eigenvalue weighted by atomic mass is 10.0. The van der Waals surface area contributed by atoms with Crippen molar-refractivity contribution in [1.29, 1.82) is 0 Å². The van der Waals surface area contributed by atoms with Crippen LogP contribution in [0.2, 0.25) is 0 Å². The Morgan fingerprint density at radius 1 is 1.56 bits per heavy atom. The molecule has 1 aliphatic rings. The molecule has 1 rings (SSSR count). The molecule has 0 radical (unpaired) electrons. The zero-order chi connectivity index (χ0) is 12.1. The quantitative estimate of drug-likeness (QED) is 0.713. The lowest BCUT2D eigenvalue weighted by Gasteiger charge is -2.08. The molecule has 0 spiro atoms. The van der Waals surface area contributed by atoms with Gasteiger partial charge in [0.1, 0.15) is 0 Å². The Bertz CT molecular complexity index is 357. The SMILES string of the molecule is CCOC(=O)C1=C(CCC(=O)O)C=N[C@@H]1C. The van der Waals surface area contributed by atoms with Gasteiger partial charge in [0.2, 0.25) is 0 Å². The number of esters is 1. The highest BCUT2D eigenvalue weighted by atomic mass is 16.5. The lowest BCUT2D eigenvalue weighted by molar-refractivity contribution is -0.139. The van der Waals surface area contributed by atoms with E-state index in [0.717, 1.165) is 0 Å². The van der Waals surface area contributed by atoms with E-state index in [1.807, 2.05) is 0 Å². The number of nitrogens with zero attached hydrogens (tertiary/aromatic N) is 1. The summed E-state index contributed by atoms with van der Waals surface area (Å²) in [6.07, 6.45) is 1.88. The maximum atomic E-state index is 11.6. The van der Waals surface area contributed by atoms with E-state index >= 15 is 0 Å². The third-order valence-electron chi connectivity index (χ3n) is 2.32. The smallest absolute Gasteiger partial charge is 0.336 e. The minimum Gasteiger partial charge on any atom is -0.481 e. The molecule has 5 heteroatoms. The summed E-state index contributed by atoms with van der Waals surface area (Å²) < 4.78 is 4.91. The summed E-state index contributed by atoms with van der Waals surface area (Å²) in [5.41, 5.74) is 1.16. The van der Waals surface area contributed by atoms with Crippen LogP contribution in [0.4, 0.5) is 0 Å². The van der Waals surface area contributed by atoms with E-state index in [2.05, 4.69) is 4.99 Å². The maximum absolute atomic E-state index is 11.6. The highest BCUT2D eigenvalue weighted by Gasteiger charge is 2.25. The number of aliphatic imine (C=N–C) groups is 1. The Balaban J connectivity index is 2.77. The van der Waals surface area contributed by atoms with Crippen molar-refractivity contribution < 1.29 is 19.4 Å². The molecule has 88 valence electrons. The van der Waals surface area contributed by atoms with Crippen LogP contribution < -0.4 is 0 Å². The van der Waals surface area contributed by atoms with Gasteiger partial charge in [-0.2, -0.15) is 0 Å². The van der Waals surface area contributed by atoms with Gasteiger partial charge in [0.25, 0.3) is 0 Å². The van der Waals surface area contributed by atoms with Crippen LogP contribution >= 0.6 is 0 Å². The molecule has 1 N–H and O–H groups in total. The fourth-order valence-corrected chi connectivity index (χ4v) is 1.57. The average molecular weight is 225 g/mol. The van der Waals surface area contributed by atoms with E-state index in [1.165, 1.54) is 0 Å². The van der Waals surface area contributed by atoms with Gasteiger partial charge < -0.3 is 9.84 Å². The molecule has 1 atom stereocenters. The van der Waals surface area contributed by atoms with E-state index in [1.54, 1.807) is 20.1 Å². The Morgan fingerprint density at radius 3 is 2.81 bits per heavy atom. The predicted octanol–water partition coefficient (Wildman–Crippen LogP) is 1.18. The topological polar surface area (TPSA) is 76.0 Å². The van der Waals surface area contributed by atoms with Gasteiger partial charge in [0, 0.05) is 12.6 Å². The van der Waals surface area contributed by atoms with Crippen LogP contribution in [0.1, 0.15) is 26.7 Å². The monoisotopic (exact) mass is 225 g/mol. The summed E-state index contributed by atoms with van der Waals surface area (Å²) in [4.78, 5) is 26.1. The van der Waals surface area contributed by atoms with Crippen molar-refractivity contribution in [2.75, 3.05) is 6.61 Å². The fraction of sp³-hybridized carbons (Fsp3) is 0.545. The first-order valence-electron chi connectivity index (χ1n) is 5.21. The molecule has 0 fully saturated rings. The summed E-state index contributed by atoms with van der Waals surface area (Å²) in [5, 5.41) is 8.58. The van der Waals surface area contributed by atoms with Crippen LogP contribution in [0, 0.1) is 0 Å². The van der Waals surface area contributed by atoms with E-state index in [-0.39, 0.29) is 12.5 Å². The number of carbonyl (C=O) groups excluding carboxylic acids is 1. The Kier molecular flexibility index (Phi) is 4.22. The normalized spacial score (nSPS) is 19.0. The highest BCUT2D eigenvalue weighted by Crippen LogP contribution is 2.22. The molecule has 0 aliphatic carbocycles. The second kappa shape index (κ2) is 5.44. The van der Waals surface area contributed by atoms with Crippen molar-refractivity contribution in [2.45, 2.75) is 32.7 Å². The van der Waals surface area contributed by atoms with Crippen molar-refractivity contribution in [1.82, 2.24) is 0 Å². The molecular weight excluding hydrogens is 210 g/mol. The molecule has 0 saturated carbocycles.